The van der Waals surface area contributed by atoms with Crippen LogP contribution in [-0.4, -0.2) is 32.6 Å². The first-order valence-electron chi connectivity index (χ1n) is 8.02. The maximum absolute atomic E-state index is 12.0. The number of nitrogens with one attached hydrogen (secondary N) is 3. The van der Waals surface area contributed by atoms with Crippen molar-refractivity contribution in [3.63, 3.8) is 0 Å². The molecule has 0 saturated carbocycles. The minimum Gasteiger partial charge on any atom is -0.356 e. The monoisotopic (exact) mass is 327 g/mol. The highest BCUT2D eigenvalue weighted by Gasteiger charge is 2.23. The number of H-pyrrole nitrogens is 2. The molecule has 1 aliphatic heterocycles. The summed E-state index contributed by atoms with van der Waals surface area (Å²) in [6.07, 6.45) is 3.30. The number of amides is 1. The fourth-order valence-electron chi connectivity index (χ4n) is 3.03. The molecule has 1 atom stereocenters. The fraction of sp³-hybridized carbons (Fsp3) is 0.375. The van der Waals surface area contributed by atoms with E-state index < -0.39 is 0 Å². The van der Waals surface area contributed by atoms with Crippen LogP contribution in [-0.2, 0) is 11.2 Å². The minimum absolute atomic E-state index is 0.0542. The van der Waals surface area contributed by atoms with Gasteiger partial charge in [0.05, 0.1) is 11.0 Å². The Labute approximate surface area is 136 Å². The number of benzene rings is 1. The molecular formula is C16H17N5O3. The third-order valence-corrected chi connectivity index (χ3v) is 4.31. The molecule has 0 aliphatic carbocycles. The van der Waals surface area contributed by atoms with E-state index in [1.54, 1.807) is 12.1 Å². The standard InChI is InChI=1S/C16H17N5O3/c22-15-10(3-1-2-6-17-15)8-13-20-14(21-24-13)9-4-5-11-12(7-9)19-16(23)18-11/h4-5,7,10H,1-3,6,8H2,(H,17,22)(H2,18,19,23). The van der Waals surface area contributed by atoms with Crippen molar-refractivity contribution in [3.8, 4) is 11.4 Å². The van der Waals surface area contributed by atoms with Crippen LogP contribution in [0.15, 0.2) is 27.5 Å². The highest BCUT2D eigenvalue weighted by Crippen LogP contribution is 2.22. The van der Waals surface area contributed by atoms with E-state index in [0.717, 1.165) is 36.9 Å². The van der Waals surface area contributed by atoms with Crippen LogP contribution >= 0.6 is 0 Å². The summed E-state index contributed by atoms with van der Waals surface area (Å²) in [4.78, 5) is 33.1. The summed E-state index contributed by atoms with van der Waals surface area (Å²) >= 11 is 0. The largest absolute Gasteiger partial charge is 0.356 e. The Kier molecular flexibility index (Phi) is 3.64. The van der Waals surface area contributed by atoms with Crippen molar-refractivity contribution in [1.29, 1.82) is 0 Å². The summed E-state index contributed by atoms with van der Waals surface area (Å²) < 4.78 is 5.31. The molecule has 1 aromatic carbocycles. The molecule has 1 amide bonds. The van der Waals surface area contributed by atoms with Crippen molar-refractivity contribution in [2.24, 2.45) is 5.92 Å². The van der Waals surface area contributed by atoms with E-state index in [1.807, 2.05) is 6.07 Å². The van der Waals surface area contributed by atoms with Gasteiger partial charge in [0.2, 0.25) is 17.6 Å². The molecule has 1 fully saturated rings. The van der Waals surface area contributed by atoms with Gasteiger partial charge in [0.15, 0.2) is 0 Å². The normalized spacial score (nSPS) is 18.5. The van der Waals surface area contributed by atoms with Gasteiger partial charge in [-0.25, -0.2) is 4.79 Å². The molecule has 1 saturated heterocycles. The summed E-state index contributed by atoms with van der Waals surface area (Å²) in [5.41, 5.74) is 1.91. The highest BCUT2D eigenvalue weighted by molar-refractivity contribution is 5.80. The molecule has 3 N–H and O–H groups in total. The van der Waals surface area contributed by atoms with Crippen LogP contribution in [0.4, 0.5) is 0 Å². The van der Waals surface area contributed by atoms with Gasteiger partial charge in [-0.15, -0.1) is 0 Å². The number of carbonyl (C=O) groups excluding carboxylic acids is 1. The molecule has 3 aromatic rings. The lowest BCUT2D eigenvalue weighted by Gasteiger charge is -2.09. The predicted molar refractivity (Wildman–Crippen MR) is 86.3 cm³/mol. The number of fused-ring (bicyclic) bond motifs is 1. The Morgan fingerprint density at radius 1 is 1.17 bits per heavy atom. The molecule has 0 bridgehead atoms. The summed E-state index contributed by atoms with van der Waals surface area (Å²) in [6, 6.07) is 5.40. The van der Waals surface area contributed by atoms with Crippen molar-refractivity contribution in [1.82, 2.24) is 25.4 Å². The Balaban J connectivity index is 1.56. The van der Waals surface area contributed by atoms with Gasteiger partial charge in [0.1, 0.15) is 0 Å². The predicted octanol–water partition coefficient (Wildman–Crippen LogP) is 1.36. The molecule has 2 aromatic heterocycles. The first-order valence-corrected chi connectivity index (χ1v) is 8.02. The lowest BCUT2D eigenvalue weighted by molar-refractivity contribution is -0.124. The van der Waals surface area contributed by atoms with E-state index in [0.29, 0.717) is 23.7 Å². The lowest BCUT2D eigenvalue weighted by atomic mass is 9.99. The molecule has 124 valence electrons. The van der Waals surface area contributed by atoms with Gasteiger partial charge >= 0.3 is 5.69 Å². The van der Waals surface area contributed by atoms with Crippen LogP contribution in [0.3, 0.4) is 0 Å². The number of imidazole rings is 1. The van der Waals surface area contributed by atoms with Crippen molar-refractivity contribution in [3.05, 3.63) is 34.6 Å². The van der Waals surface area contributed by atoms with E-state index in [4.69, 9.17) is 4.52 Å². The third kappa shape index (κ3) is 2.82. The Hall–Kier alpha value is -2.90. The van der Waals surface area contributed by atoms with Crippen molar-refractivity contribution in [2.45, 2.75) is 25.7 Å². The van der Waals surface area contributed by atoms with Crippen LogP contribution in [0, 0.1) is 5.92 Å². The number of rotatable bonds is 3. The van der Waals surface area contributed by atoms with Gasteiger partial charge in [0, 0.05) is 24.4 Å². The maximum atomic E-state index is 12.0. The van der Waals surface area contributed by atoms with Crippen LogP contribution in [0.1, 0.15) is 25.2 Å². The van der Waals surface area contributed by atoms with Crippen molar-refractivity contribution < 1.29 is 9.32 Å². The molecule has 1 aliphatic rings. The summed E-state index contributed by atoms with van der Waals surface area (Å²) in [7, 11) is 0. The molecule has 0 spiro atoms. The van der Waals surface area contributed by atoms with Crippen LogP contribution < -0.4 is 11.0 Å². The molecule has 8 heteroatoms. The lowest BCUT2D eigenvalue weighted by Crippen LogP contribution is -2.30. The van der Waals surface area contributed by atoms with Crippen molar-refractivity contribution >= 4 is 16.9 Å². The van der Waals surface area contributed by atoms with E-state index in [1.165, 1.54) is 0 Å². The number of carbonyl (C=O) groups is 1. The Morgan fingerprint density at radius 3 is 2.96 bits per heavy atom. The van der Waals surface area contributed by atoms with E-state index in [-0.39, 0.29) is 17.5 Å². The zero-order valence-electron chi connectivity index (χ0n) is 13.0. The van der Waals surface area contributed by atoms with Crippen LogP contribution in [0.25, 0.3) is 22.4 Å². The topological polar surface area (TPSA) is 117 Å². The van der Waals surface area contributed by atoms with Gasteiger partial charge in [-0.3, -0.25) is 4.79 Å². The number of aromatic nitrogens is 4. The average molecular weight is 327 g/mol. The molecule has 8 nitrogen and oxygen atoms in total. The Bertz CT molecular complexity index is 938. The molecule has 4 rings (SSSR count). The van der Waals surface area contributed by atoms with E-state index in [2.05, 4.69) is 25.4 Å². The molecule has 0 radical (unpaired) electrons. The number of aromatic amines is 2. The summed E-state index contributed by atoms with van der Waals surface area (Å²) in [6.45, 7) is 0.735. The molecular weight excluding hydrogens is 310 g/mol. The van der Waals surface area contributed by atoms with Gasteiger partial charge in [-0.05, 0) is 31.0 Å². The molecule has 24 heavy (non-hydrogen) atoms. The number of hydrogen-bond acceptors (Lipinski definition) is 5. The quantitative estimate of drug-likeness (QED) is 0.671. The smallest absolute Gasteiger partial charge is 0.323 e. The van der Waals surface area contributed by atoms with Crippen LogP contribution in [0.5, 0.6) is 0 Å². The first-order chi connectivity index (χ1) is 11.7. The van der Waals surface area contributed by atoms with E-state index in [9.17, 15) is 9.59 Å². The molecule has 1 unspecified atom stereocenters. The Morgan fingerprint density at radius 2 is 2.04 bits per heavy atom. The second-order valence-electron chi connectivity index (χ2n) is 6.04. The first kappa shape index (κ1) is 14.7. The number of nitrogens with zero attached hydrogens (tertiary/aromatic N) is 2. The minimum atomic E-state index is -0.254. The van der Waals surface area contributed by atoms with Crippen LogP contribution in [0.2, 0.25) is 0 Å². The second kappa shape index (κ2) is 5.95. The SMILES string of the molecule is O=C1NCCCCC1Cc1nc(-c2ccc3[nH]c(=O)[nH]c3c2)no1. The van der Waals surface area contributed by atoms with Gasteiger partial charge in [-0.1, -0.05) is 11.6 Å². The zero-order chi connectivity index (χ0) is 16.5. The van der Waals surface area contributed by atoms with Gasteiger partial charge in [0.25, 0.3) is 0 Å². The molecule has 3 heterocycles. The highest BCUT2D eigenvalue weighted by atomic mass is 16.5. The van der Waals surface area contributed by atoms with E-state index >= 15 is 0 Å². The third-order valence-electron chi connectivity index (χ3n) is 4.31. The average Bonchev–Trinajstić information content (AvgIpc) is 3.12. The summed E-state index contributed by atoms with van der Waals surface area (Å²) in [5, 5.41) is 6.90. The van der Waals surface area contributed by atoms with Gasteiger partial charge in [-0.2, -0.15) is 4.98 Å². The number of hydrogen-bond donors (Lipinski definition) is 3. The van der Waals surface area contributed by atoms with Crippen molar-refractivity contribution in [2.75, 3.05) is 6.54 Å². The maximum Gasteiger partial charge on any atom is 0.323 e. The second-order valence-corrected chi connectivity index (χ2v) is 6.04. The zero-order valence-corrected chi connectivity index (χ0v) is 13.0. The fourth-order valence-corrected chi connectivity index (χ4v) is 3.03. The van der Waals surface area contributed by atoms with Gasteiger partial charge < -0.3 is 19.8 Å². The summed E-state index contributed by atoms with van der Waals surface area (Å²) in [5.74, 6) is 0.834.